The molecule has 0 saturated heterocycles. The van der Waals surface area contributed by atoms with Crippen molar-refractivity contribution in [3.8, 4) is 11.3 Å². The fraction of sp³-hybridized carbons (Fsp3) is 0.188. The van der Waals surface area contributed by atoms with Crippen molar-refractivity contribution in [3.05, 3.63) is 50.1 Å². The van der Waals surface area contributed by atoms with Crippen LogP contribution in [0.15, 0.2) is 22.7 Å². The third kappa shape index (κ3) is 3.05. The van der Waals surface area contributed by atoms with Crippen LogP contribution < -0.4 is 5.32 Å². The SMILES string of the molecule is Cc1nc(NC(=O)c2c(-c3c(Cl)cccc3Cl)noc2C)sc1C. The van der Waals surface area contributed by atoms with Crippen molar-refractivity contribution in [1.29, 1.82) is 0 Å². The number of nitrogens with one attached hydrogen (secondary N) is 1. The second-order valence-electron chi connectivity index (χ2n) is 5.17. The van der Waals surface area contributed by atoms with Gasteiger partial charge in [-0.2, -0.15) is 0 Å². The first-order valence-electron chi connectivity index (χ1n) is 7.04. The average Bonchev–Trinajstić information content (AvgIpc) is 3.02. The van der Waals surface area contributed by atoms with Gasteiger partial charge in [0.15, 0.2) is 5.13 Å². The molecule has 1 amide bonds. The van der Waals surface area contributed by atoms with Crippen molar-refractivity contribution in [2.45, 2.75) is 20.8 Å². The second-order valence-corrected chi connectivity index (χ2v) is 7.19. The topological polar surface area (TPSA) is 68.0 Å². The van der Waals surface area contributed by atoms with Crippen molar-refractivity contribution in [2.24, 2.45) is 0 Å². The molecule has 2 aromatic heterocycles. The Morgan fingerprint density at radius 3 is 2.46 bits per heavy atom. The molecule has 3 rings (SSSR count). The van der Waals surface area contributed by atoms with Gasteiger partial charge in [-0.3, -0.25) is 10.1 Å². The molecule has 0 aliphatic carbocycles. The molecule has 1 aromatic carbocycles. The predicted octanol–water partition coefficient (Wildman–Crippen LogP) is 5.28. The van der Waals surface area contributed by atoms with E-state index in [2.05, 4.69) is 15.5 Å². The highest BCUT2D eigenvalue weighted by Gasteiger charge is 2.25. The molecule has 24 heavy (non-hydrogen) atoms. The number of aryl methyl sites for hydroxylation is 3. The van der Waals surface area contributed by atoms with E-state index in [1.165, 1.54) is 11.3 Å². The van der Waals surface area contributed by atoms with Crippen LogP contribution in [0.2, 0.25) is 10.0 Å². The Morgan fingerprint density at radius 1 is 1.21 bits per heavy atom. The molecule has 124 valence electrons. The largest absolute Gasteiger partial charge is 0.360 e. The maximum Gasteiger partial charge on any atom is 0.263 e. The summed E-state index contributed by atoms with van der Waals surface area (Å²) in [6.45, 7) is 5.50. The van der Waals surface area contributed by atoms with Gasteiger partial charge >= 0.3 is 0 Å². The van der Waals surface area contributed by atoms with Crippen LogP contribution in [0.25, 0.3) is 11.3 Å². The number of amides is 1. The summed E-state index contributed by atoms with van der Waals surface area (Å²) in [6, 6.07) is 5.09. The Morgan fingerprint density at radius 2 is 1.88 bits per heavy atom. The summed E-state index contributed by atoms with van der Waals surface area (Å²) in [5.74, 6) is 0.0111. The number of rotatable bonds is 3. The lowest BCUT2D eigenvalue weighted by Crippen LogP contribution is -2.13. The van der Waals surface area contributed by atoms with Crippen molar-refractivity contribution >= 4 is 45.6 Å². The highest BCUT2D eigenvalue weighted by atomic mass is 35.5. The average molecular weight is 382 g/mol. The zero-order valence-corrected chi connectivity index (χ0v) is 15.4. The van der Waals surface area contributed by atoms with Gasteiger partial charge in [0.2, 0.25) is 0 Å². The Bertz CT molecular complexity index is 894. The molecule has 0 aliphatic heterocycles. The minimum Gasteiger partial charge on any atom is -0.360 e. The van der Waals surface area contributed by atoms with E-state index in [9.17, 15) is 4.79 Å². The number of carbonyl (C=O) groups is 1. The van der Waals surface area contributed by atoms with Gasteiger partial charge in [0, 0.05) is 10.4 Å². The summed E-state index contributed by atoms with van der Waals surface area (Å²) in [5, 5.41) is 8.06. The van der Waals surface area contributed by atoms with E-state index >= 15 is 0 Å². The van der Waals surface area contributed by atoms with E-state index in [0.29, 0.717) is 32.2 Å². The molecular formula is C16H13Cl2N3O2S. The molecule has 0 spiro atoms. The van der Waals surface area contributed by atoms with E-state index in [1.54, 1.807) is 25.1 Å². The highest BCUT2D eigenvalue weighted by Crippen LogP contribution is 2.37. The van der Waals surface area contributed by atoms with E-state index in [0.717, 1.165) is 10.6 Å². The van der Waals surface area contributed by atoms with E-state index in [4.69, 9.17) is 27.7 Å². The molecule has 0 atom stereocenters. The zero-order valence-electron chi connectivity index (χ0n) is 13.1. The van der Waals surface area contributed by atoms with Gasteiger partial charge in [0.25, 0.3) is 5.91 Å². The molecule has 0 unspecified atom stereocenters. The fourth-order valence-corrected chi connectivity index (χ4v) is 3.61. The quantitative estimate of drug-likeness (QED) is 0.669. The highest BCUT2D eigenvalue weighted by molar-refractivity contribution is 7.15. The molecule has 3 aromatic rings. The number of hydrogen-bond acceptors (Lipinski definition) is 5. The van der Waals surface area contributed by atoms with Gasteiger partial charge in [-0.25, -0.2) is 4.98 Å². The van der Waals surface area contributed by atoms with Crippen LogP contribution >= 0.6 is 34.5 Å². The summed E-state index contributed by atoms with van der Waals surface area (Å²) in [6.07, 6.45) is 0. The van der Waals surface area contributed by atoms with Crippen molar-refractivity contribution in [1.82, 2.24) is 10.1 Å². The summed E-state index contributed by atoms with van der Waals surface area (Å²) in [5.41, 5.74) is 1.95. The van der Waals surface area contributed by atoms with Gasteiger partial charge in [-0.1, -0.05) is 34.4 Å². The second kappa shape index (κ2) is 6.55. The molecule has 5 nitrogen and oxygen atoms in total. The van der Waals surface area contributed by atoms with Gasteiger partial charge in [0.1, 0.15) is 17.0 Å². The first kappa shape index (κ1) is 17.0. The van der Waals surface area contributed by atoms with E-state index in [1.807, 2.05) is 13.8 Å². The monoisotopic (exact) mass is 381 g/mol. The first-order valence-corrected chi connectivity index (χ1v) is 8.61. The molecule has 8 heteroatoms. The van der Waals surface area contributed by atoms with Gasteiger partial charge in [-0.05, 0) is 32.9 Å². The lowest BCUT2D eigenvalue weighted by atomic mass is 10.1. The van der Waals surface area contributed by atoms with Crippen LogP contribution in [0.4, 0.5) is 5.13 Å². The maximum atomic E-state index is 12.7. The first-order chi connectivity index (χ1) is 11.4. The number of benzene rings is 1. The van der Waals surface area contributed by atoms with Crippen LogP contribution in [0.1, 0.15) is 26.7 Å². The van der Waals surface area contributed by atoms with Gasteiger partial charge in [-0.15, -0.1) is 11.3 Å². The van der Waals surface area contributed by atoms with E-state index < -0.39 is 0 Å². The normalized spacial score (nSPS) is 10.9. The third-order valence-electron chi connectivity index (χ3n) is 3.54. The molecule has 0 saturated carbocycles. The summed E-state index contributed by atoms with van der Waals surface area (Å²) in [4.78, 5) is 18.1. The summed E-state index contributed by atoms with van der Waals surface area (Å²) < 4.78 is 5.20. The number of carbonyl (C=O) groups excluding carboxylic acids is 1. The fourth-order valence-electron chi connectivity index (χ4n) is 2.22. The third-order valence-corrected chi connectivity index (χ3v) is 5.16. The molecule has 0 fully saturated rings. The Labute approximate surface area is 152 Å². The standard InChI is InChI=1S/C16H13Cl2N3O2S/c1-7-9(3)24-16(19-7)20-15(22)12-8(2)23-21-14(12)13-10(17)5-4-6-11(13)18/h4-6H,1-3H3,(H,19,20,22). The van der Waals surface area contributed by atoms with Gasteiger partial charge in [0.05, 0.1) is 15.7 Å². The number of hydrogen-bond donors (Lipinski definition) is 1. The van der Waals surface area contributed by atoms with Crippen molar-refractivity contribution < 1.29 is 9.32 Å². The van der Waals surface area contributed by atoms with Crippen LogP contribution in [0.3, 0.4) is 0 Å². The molecule has 0 radical (unpaired) electrons. The lowest BCUT2D eigenvalue weighted by molar-refractivity contribution is 0.102. The molecular weight excluding hydrogens is 369 g/mol. The van der Waals surface area contributed by atoms with E-state index in [-0.39, 0.29) is 11.5 Å². The molecule has 0 aliphatic rings. The minimum absolute atomic E-state index is 0.288. The zero-order chi connectivity index (χ0) is 17.4. The number of nitrogens with zero attached hydrogens (tertiary/aromatic N) is 2. The Hall–Kier alpha value is -1.89. The molecule has 0 bridgehead atoms. The summed E-state index contributed by atoms with van der Waals surface area (Å²) in [7, 11) is 0. The number of anilines is 1. The Kier molecular flexibility index (Phi) is 4.62. The molecule has 1 N–H and O–H groups in total. The van der Waals surface area contributed by atoms with Crippen molar-refractivity contribution in [2.75, 3.05) is 5.32 Å². The minimum atomic E-state index is -0.367. The van der Waals surface area contributed by atoms with Crippen LogP contribution in [0.5, 0.6) is 0 Å². The number of aromatic nitrogens is 2. The predicted molar refractivity (Wildman–Crippen MR) is 96.2 cm³/mol. The Balaban J connectivity index is 2.03. The smallest absolute Gasteiger partial charge is 0.263 e. The molecule has 2 heterocycles. The number of thiazole rings is 1. The maximum absolute atomic E-state index is 12.7. The summed E-state index contributed by atoms with van der Waals surface area (Å²) >= 11 is 13.9. The van der Waals surface area contributed by atoms with Crippen LogP contribution in [0, 0.1) is 20.8 Å². The van der Waals surface area contributed by atoms with Crippen LogP contribution in [-0.2, 0) is 0 Å². The van der Waals surface area contributed by atoms with Gasteiger partial charge < -0.3 is 4.52 Å². The number of halogens is 2. The van der Waals surface area contributed by atoms with Crippen molar-refractivity contribution in [3.63, 3.8) is 0 Å². The van der Waals surface area contributed by atoms with Crippen LogP contribution in [-0.4, -0.2) is 16.0 Å². The lowest BCUT2D eigenvalue weighted by Gasteiger charge is -2.06.